The Hall–Kier alpha value is -2.30. The minimum Gasteiger partial charge on any atom is -0.480 e. The molecule has 0 aromatic heterocycles. The highest BCUT2D eigenvalue weighted by Gasteiger charge is 2.27. The SMILES string of the molecule is CCCCCCCC/C=C/CCCCCC(=O)OC[C@H](COP(=O)(O)OC[C@H](N)C(=O)O)OC(=O)/C=C/C=C/CCCCCCCCCCCCC. The number of carbonyl (C=O) groups excluding carboxylic acids is 2. The fourth-order valence-electron chi connectivity index (χ4n) is 5.26. The van der Waals surface area contributed by atoms with E-state index in [1.54, 1.807) is 12.2 Å². The second-order valence-corrected chi connectivity index (χ2v) is 14.9. The zero-order valence-electron chi connectivity index (χ0n) is 32.4. The quantitative estimate of drug-likeness (QED) is 0.0137. The van der Waals surface area contributed by atoms with Gasteiger partial charge in [-0.15, -0.1) is 0 Å². The number of phosphoric acid groups is 1. The number of carboxylic acids is 1. The van der Waals surface area contributed by atoms with Crippen molar-refractivity contribution in [2.75, 3.05) is 19.8 Å². The van der Waals surface area contributed by atoms with Crippen molar-refractivity contribution in [3.05, 3.63) is 36.5 Å². The molecule has 0 saturated heterocycles. The monoisotopic (exact) mass is 757 g/mol. The number of ether oxygens (including phenoxy) is 2. The van der Waals surface area contributed by atoms with E-state index in [-0.39, 0.29) is 6.42 Å². The number of rotatable bonds is 37. The Morgan fingerprint density at radius 3 is 1.62 bits per heavy atom. The third-order valence-corrected chi connectivity index (χ3v) is 9.42. The minimum absolute atomic E-state index is 0.182. The molecular weight excluding hydrogens is 685 g/mol. The fraction of sp³-hybridized carbons (Fsp3) is 0.775. The van der Waals surface area contributed by atoms with E-state index in [2.05, 4.69) is 30.5 Å². The maximum absolute atomic E-state index is 12.5. The average molecular weight is 758 g/mol. The number of allylic oxidation sites excluding steroid dienone is 5. The molecule has 0 radical (unpaired) electrons. The molecule has 0 bridgehead atoms. The zero-order valence-corrected chi connectivity index (χ0v) is 33.3. The van der Waals surface area contributed by atoms with E-state index in [0.717, 1.165) is 38.5 Å². The molecule has 0 fully saturated rings. The van der Waals surface area contributed by atoms with Crippen LogP contribution in [0, 0.1) is 0 Å². The molecule has 1 unspecified atom stereocenters. The molecule has 0 amide bonds. The van der Waals surface area contributed by atoms with Crippen molar-refractivity contribution in [3.63, 3.8) is 0 Å². The molecule has 4 N–H and O–H groups in total. The number of hydrogen-bond donors (Lipinski definition) is 3. The summed E-state index contributed by atoms with van der Waals surface area (Å²) < 4.78 is 32.4. The number of hydrogen-bond acceptors (Lipinski definition) is 9. The van der Waals surface area contributed by atoms with Crippen molar-refractivity contribution < 1.29 is 47.5 Å². The van der Waals surface area contributed by atoms with Gasteiger partial charge in [-0.3, -0.25) is 18.6 Å². The Bertz CT molecular complexity index is 1030. The van der Waals surface area contributed by atoms with Crippen molar-refractivity contribution in [2.45, 2.75) is 180 Å². The van der Waals surface area contributed by atoms with Gasteiger partial charge in [0.15, 0.2) is 6.10 Å². The van der Waals surface area contributed by atoms with E-state index in [1.165, 1.54) is 109 Å². The molecule has 11 nitrogen and oxygen atoms in total. The van der Waals surface area contributed by atoms with Crippen LogP contribution < -0.4 is 5.73 Å². The van der Waals surface area contributed by atoms with Crippen LogP contribution in [0.5, 0.6) is 0 Å². The van der Waals surface area contributed by atoms with Crippen LogP contribution in [0.4, 0.5) is 0 Å². The van der Waals surface area contributed by atoms with Gasteiger partial charge < -0.3 is 25.2 Å². The van der Waals surface area contributed by atoms with Gasteiger partial charge in [-0.2, -0.15) is 0 Å². The third-order valence-electron chi connectivity index (χ3n) is 8.47. The normalized spacial score (nSPS) is 14.2. The van der Waals surface area contributed by atoms with Gasteiger partial charge in [-0.05, 0) is 44.9 Å². The number of nitrogens with two attached hydrogens (primary N) is 1. The van der Waals surface area contributed by atoms with Crippen molar-refractivity contribution in [1.29, 1.82) is 0 Å². The summed E-state index contributed by atoms with van der Waals surface area (Å²) in [6, 6.07) is -1.53. The molecule has 0 heterocycles. The lowest BCUT2D eigenvalue weighted by Gasteiger charge is -2.19. The van der Waals surface area contributed by atoms with Gasteiger partial charge in [0.2, 0.25) is 0 Å². The van der Waals surface area contributed by atoms with Crippen molar-refractivity contribution >= 4 is 25.7 Å². The lowest BCUT2D eigenvalue weighted by molar-refractivity contribution is -0.157. The summed E-state index contributed by atoms with van der Waals surface area (Å²) in [5.74, 6) is -2.66. The first-order valence-corrected chi connectivity index (χ1v) is 21.6. The lowest BCUT2D eigenvalue weighted by atomic mass is 10.1. The summed E-state index contributed by atoms with van der Waals surface area (Å²) in [5.41, 5.74) is 5.31. The second-order valence-electron chi connectivity index (χ2n) is 13.5. The first-order chi connectivity index (χ1) is 25.1. The highest BCUT2D eigenvalue weighted by Crippen LogP contribution is 2.43. The zero-order chi connectivity index (χ0) is 38.5. The van der Waals surface area contributed by atoms with Gasteiger partial charge in [0.1, 0.15) is 12.6 Å². The Morgan fingerprint density at radius 1 is 0.635 bits per heavy atom. The Balaban J connectivity index is 4.55. The first-order valence-electron chi connectivity index (χ1n) is 20.1. The van der Waals surface area contributed by atoms with Crippen LogP contribution in [0.1, 0.15) is 168 Å². The highest BCUT2D eigenvalue weighted by molar-refractivity contribution is 7.47. The predicted molar refractivity (Wildman–Crippen MR) is 208 cm³/mol. The Kier molecular flexibility index (Phi) is 34.1. The summed E-state index contributed by atoms with van der Waals surface area (Å²) in [6.45, 7) is 2.65. The van der Waals surface area contributed by atoms with Gasteiger partial charge >= 0.3 is 25.7 Å². The molecule has 52 heavy (non-hydrogen) atoms. The van der Waals surface area contributed by atoms with Crippen LogP contribution in [0.3, 0.4) is 0 Å². The second kappa shape index (κ2) is 35.7. The smallest absolute Gasteiger partial charge is 0.472 e. The van der Waals surface area contributed by atoms with Crippen molar-refractivity contribution in [3.8, 4) is 0 Å². The minimum atomic E-state index is -4.74. The molecule has 0 spiro atoms. The maximum Gasteiger partial charge on any atom is 0.472 e. The van der Waals surface area contributed by atoms with E-state index < -0.39 is 57.7 Å². The van der Waals surface area contributed by atoms with E-state index in [9.17, 15) is 23.8 Å². The summed E-state index contributed by atoms with van der Waals surface area (Å²) in [4.78, 5) is 45.6. The number of phosphoric ester groups is 1. The van der Waals surface area contributed by atoms with Crippen LogP contribution in [0.25, 0.3) is 0 Å². The number of carbonyl (C=O) groups is 3. The highest BCUT2D eigenvalue weighted by atomic mass is 31.2. The molecule has 0 aromatic carbocycles. The summed E-state index contributed by atoms with van der Waals surface area (Å²) >= 11 is 0. The Labute approximate surface area is 314 Å². The molecule has 0 saturated carbocycles. The van der Waals surface area contributed by atoms with Gasteiger partial charge in [0.05, 0.1) is 13.2 Å². The average Bonchev–Trinajstić information content (AvgIpc) is 3.12. The van der Waals surface area contributed by atoms with Crippen LogP contribution in [-0.4, -0.2) is 59.9 Å². The fourth-order valence-corrected chi connectivity index (χ4v) is 6.04. The van der Waals surface area contributed by atoms with Crippen LogP contribution >= 0.6 is 7.82 Å². The predicted octanol–water partition coefficient (Wildman–Crippen LogP) is 10.1. The number of esters is 2. The summed E-state index contributed by atoms with van der Waals surface area (Å²) in [6.07, 6.45) is 37.1. The van der Waals surface area contributed by atoms with Gasteiger partial charge in [-0.25, -0.2) is 9.36 Å². The summed E-state index contributed by atoms with van der Waals surface area (Å²) in [5, 5.41) is 8.86. The van der Waals surface area contributed by atoms with Crippen LogP contribution in [-0.2, 0) is 37.5 Å². The largest absolute Gasteiger partial charge is 0.480 e. The van der Waals surface area contributed by atoms with Gasteiger partial charge in [0.25, 0.3) is 0 Å². The molecule has 0 aromatic rings. The molecule has 0 aliphatic heterocycles. The number of aliphatic carboxylic acids is 1. The van der Waals surface area contributed by atoms with E-state index in [4.69, 9.17) is 24.8 Å². The molecular formula is C40H72NO10P. The number of unbranched alkanes of at least 4 members (excludes halogenated alkanes) is 20. The van der Waals surface area contributed by atoms with Crippen molar-refractivity contribution in [1.82, 2.24) is 0 Å². The molecule has 0 rings (SSSR count). The van der Waals surface area contributed by atoms with E-state index >= 15 is 0 Å². The number of carboxylic acid groups (broad SMARTS) is 1. The van der Waals surface area contributed by atoms with E-state index in [1.807, 2.05) is 6.08 Å². The molecule has 12 heteroatoms. The van der Waals surface area contributed by atoms with Crippen LogP contribution in [0.2, 0.25) is 0 Å². The Morgan fingerprint density at radius 2 is 1.10 bits per heavy atom. The topological polar surface area (TPSA) is 172 Å². The maximum atomic E-state index is 12.5. The molecule has 0 aliphatic carbocycles. The third kappa shape index (κ3) is 34.8. The standard InChI is InChI=1S/C40H72NO10P/c1-3-5-7-9-11-13-15-17-18-20-22-24-26-28-30-32-39(43)51-36(34-49-52(46,47)50-35-37(41)40(44)45)33-48-38(42)31-29-27-25-23-21-19-16-14-12-10-8-6-4-2/h19,21,26,28,30,32,36-37H,3-18,20,22-25,27,29,31,33-35,41H2,1-2H3,(H,44,45)(H,46,47)/b21-19+,28-26+,32-30+/t36-,37+/m1/s1. The van der Waals surface area contributed by atoms with Crippen molar-refractivity contribution in [2.24, 2.45) is 5.73 Å². The van der Waals surface area contributed by atoms with Crippen LogP contribution in [0.15, 0.2) is 36.5 Å². The first kappa shape index (κ1) is 49.7. The molecule has 302 valence electrons. The molecule has 3 atom stereocenters. The molecule has 0 aliphatic rings. The van der Waals surface area contributed by atoms with E-state index in [0.29, 0.717) is 6.42 Å². The van der Waals surface area contributed by atoms with Gasteiger partial charge in [0, 0.05) is 12.5 Å². The lowest BCUT2D eigenvalue weighted by Crippen LogP contribution is -2.34. The van der Waals surface area contributed by atoms with Gasteiger partial charge in [-0.1, -0.05) is 147 Å². The summed E-state index contributed by atoms with van der Waals surface area (Å²) in [7, 11) is -4.74.